The van der Waals surface area contributed by atoms with Crippen LogP contribution in [-0.2, 0) is 9.53 Å². The van der Waals surface area contributed by atoms with Crippen LogP contribution < -0.4 is 10.2 Å². The first-order valence-electron chi connectivity index (χ1n) is 8.07. The molecule has 0 spiro atoms. The second-order valence-corrected chi connectivity index (χ2v) is 8.87. The van der Waals surface area contributed by atoms with Gasteiger partial charge in [-0.25, -0.2) is 14.8 Å². The van der Waals surface area contributed by atoms with E-state index in [1.165, 1.54) is 6.20 Å². The van der Waals surface area contributed by atoms with Crippen molar-refractivity contribution in [1.82, 2.24) is 10.3 Å². The molecule has 2 heterocycles. The minimum atomic E-state index is -0.988. The summed E-state index contributed by atoms with van der Waals surface area (Å²) in [6.45, 7) is 4.61. The molecule has 0 radical (unpaired) electrons. The van der Waals surface area contributed by atoms with E-state index >= 15 is 0 Å². The normalized spacial score (nSPS) is 21.7. The van der Waals surface area contributed by atoms with E-state index in [0.717, 1.165) is 15.8 Å². The van der Waals surface area contributed by atoms with Crippen LogP contribution >= 0.6 is 43.2 Å². The van der Waals surface area contributed by atoms with Crippen LogP contribution in [0.4, 0.5) is 5.13 Å². The highest BCUT2D eigenvalue weighted by Crippen LogP contribution is 2.26. The number of methoxy groups -OCH3 is 1. The molecular formula is C16H20Br2N4O4S. The molecule has 2 N–H and O–H groups in total. The van der Waals surface area contributed by atoms with Gasteiger partial charge in [0.05, 0.1) is 18.3 Å². The molecule has 1 saturated heterocycles. The molecule has 27 heavy (non-hydrogen) atoms. The van der Waals surface area contributed by atoms with Crippen molar-refractivity contribution in [3.63, 3.8) is 0 Å². The van der Waals surface area contributed by atoms with Gasteiger partial charge in [0, 0.05) is 24.7 Å². The van der Waals surface area contributed by atoms with Gasteiger partial charge >= 0.3 is 5.97 Å². The second kappa shape index (κ2) is 9.76. The van der Waals surface area contributed by atoms with Crippen LogP contribution in [0.5, 0.6) is 0 Å². The second-order valence-electron chi connectivity index (χ2n) is 5.92. The minimum Gasteiger partial charge on any atom is -0.477 e. The number of piperidine rings is 1. The van der Waals surface area contributed by atoms with Gasteiger partial charge in [-0.3, -0.25) is 4.79 Å². The fourth-order valence-corrected chi connectivity index (χ4v) is 3.70. The Bertz CT molecular complexity index is 776. The van der Waals surface area contributed by atoms with E-state index in [1.807, 2.05) is 11.8 Å². The summed E-state index contributed by atoms with van der Waals surface area (Å²) >= 11 is 7.72. The average Bonchev–Trinajstić information content (AvgIpc) is 3.12. The standard InChI is InChI=1S/C16H20Br2N4O4S/c1-8(17)13(18)20-9(2)14(23)21-10-4-5-22(7-11(10)26-3)16-19-6-12(27-16)15(24)25/h6,10-11H,4-5,7H2,1-3H3,(H,21,23)(H,24,25)/b13-8+,20-9?/t10?,11-/m0/s1. The number of hydrogen-bond donors (Lipinski definition) is 2. The minimum absolute atomic E-state index is 0.171. The van der Waals surface area contributed by atoms with Gasteiger partial charge in [0.15, 0.2) is 5.13 Å². The predicted octanol–water partition coefficient (Wildman–Crippen LogP) is 2.99. The van der Waals surface area contributed by atoms with Gasteiger partial charge < -0.3 is 20.1 Å². The molecule has 1 aromatic heterocycles. The molecule has 1 unspecified atom stereocenters. The van der Waals surface area contributed by atoms with E-state index in [0.29, 0.717) is 35.0 Å². The molecule has 1 aliphatic heterocycles. The van der Waals surface area contributed by atoms with Crippen molar-refractivity contribution in [3.8, 4) is 0 Å². The summed E-state index contributed by atoms with van der Waals surface area (Å²) in [7, 11) is 1.59. The first-order valence-corrected chi connectivity index (χ1v) is 10.5. The Morgan fingerprint density at radius 2 is 2.15 bits per heavy atom. The quantitative estimate of drug-likeness (QED) is 0.438. The van der Waals surface area contributed by atoms with Crippen LogP contribution in [0.2, 0.25) is 0 Å². The van der Waals surface area contributed by atoms with Crippen molar-refractivity contribution in [1.29, 1.82) is 0 Å². The monoisotopic (exact) mass is 522 g/mol. The number of carboxylic acids is 1. The van der Waals surface area contributed by atoms with Gasteiger partial charge in [0.1, 0.15) is 15.2 Å². The number of thiazole rings is 1. The Kier molecular flexibility index (Phi) is 7.95. The van der Waals surface area contributed by atoms with Crippen molar-refractivity contribution in [3.05, 3.63) is 20.2 Å². The zero-order valence-corrected chi connectivity index (χ0v) is 19.0. The Balaban J connectivity index is 2.03. The van der Waals surface area contributed by atoms with Crippen LogP contribution in [0, 0.1) is 0 Å². The summed E-state index contributed by atoms with van der Waals surface area (Å²) in [6, 6.07) is -0.171. The Morgan fingerprint density at radius 3 is 2.70 bits per heavy atom. The zero-order valence-electron chi connectivity index (χ0n) is 15.0. The molecule has 1 aromatic rings. The lowest BCUT2D eigenvalue weighted by Crippen LogP contribution is -2.55. The number of halogens is 2. The third kappa shape index (κ3) is 5.84. The number of carbonyl (C=O) groups excluding carboxylic acids is 1. The van der Waals surface area contributed by atoms with E-state index in [9.17, 15) is 9.59 Å². The molecule has 148 valence electrons. The highest BCUT2D eigenvalue weighted by molar-refractivity contribution is 9.14. The zero-order chi connectivity index (χ0) is 20.1. The number of carboxylic acid groups (broad SMARTS) is 1. The topological polar surface area (TPSA) is 104 Å². The number of carbonyl (C=O) groups is 2. The van der Waals surface area contributed by atoms with Crippen molar-refractivity contribution in [2.45, 2.75) is 32.4 Å². The lowest BCUT2D eigenvalue weighted by atomic mass is 10.0. The molecule has 2 rings (SSSR count). The summed E-state index contributed by atoms with van der Waals surface area (Å²) in [6.07, 6.45) is 1.76. The average molecular weight is 524 g/mol. The number of aliphatic imine (C=N–C) groups is 1. The van der Waals surface area contributed by atoms with E-state index in [1.54, 1.807) is 14.0 Å². The molecular weight excluding hydrogens is 504 g/mol. The number of nitrogens with zero attached hydrogens (tertiary/aromatic N) is 3. The Hall–Kier alpha value is -1.30. The number of amides is 1. The van der Waals surface area contributed by atoms with E-state index in [-0.39, 0.29) is 22.9 Å². The van der Waals surface area contributed by atoms with E-state index in [2.05, 4.69) is 47.2 Å². The molecule has 0 aliphatic carbocycles. The number of nitrogens with one attached hydrogen (secondary N) is 1. The summed E-state index contributed by atoms with van der Waals surface area (Å²) in [4.78, 5) is 34.0. The Morgan fingerprint density at radius 1 is 1.44 bits per heavy atom. The predicted molar refractivity (Wildman–Crippen MR) is 112 cm³/mol. The molecule has 1 aliphatic rings. The van der Waals surface area contributed by atoms with Gasteiger partial charge in [-0.05, 0) is 36.2 Å². The number of anilines is 1. The number of aromatic carboxylic acids is 1. The number of ether oxygens (including phenoxy) is 1. The highest BCUT2D eigenvalue weighted by Gasteiger charge is 2.32. The van der Waals surface area contributed by atoms with Crippen molar-refractivity contribution < 1.29 is 19.4 Å². The van der Waals surface area contributed by atoms with E-state index in [4.69, 9.17) is 9.84 Å². The molecule has 0 aromatic carbocycles. The SMILES string of the molecule is CO[C@H]1CN(c2ncc(C(=O)O)s2)CCC1NC(=O)C(C)=N/C(Br)=C(\C)Br. The number of allylic oxidation sites excluding steroid dienone is 1. The molecule has 11 heteroatoms. The number of aromatic nitrogens is 1. The van der Waals surface area contributed by atoms with Gasteiger partial charge in [-0.15, -0.1) is 0 Å². The maximum atomic E-state index is 12.4. The van der Waals surface area contributed by atoms with Gasteiger partial charge in [0.2, 0.25) is 0 Å². The first-order chi connectivity index (χ1) is 12.7. The largest absolute Gasteiger partial charge is 0.477 e. The maximum absolute atomic E-state index is 12.4. The van der Waals surface area contributed by atoms with Gasteiger partial charge in [-0.2, -0.15) is 0 Å². The van der Waals surface area contributed by atoms with Crippen LogP contribution in [0.25, 0.3) is 0 Å². The van der Waals surface area contributed by atoms with Crippen molar-refractivity contribution in [2.24, 2.45) is 4.99 Å². The highest BCUT2D eigenvalue weighted by atomic mass is 79.9. The third-order valence-electron chi connectivity index (χ3n) is 4.03. The lowest BCUT2D eigenvalue weighted by molar-refractivity contribution is -0.116. The molecule has 2 atom stereocenters. The van der Waals surface area contributed by atoms with Crippen molar-refractivity contribution >= 4 is 65.9 Å². The molecule has 0 saturated carbocycles. The summed E-state index contributed by atoms with van der Waals surface area (Å²) in [5.74, 6) is -1.25. The fourth-order valence-electron chi connectivity index (χ4n) is 2.55. The van der Waals surface area contributed by atoms with Crippen molar-refractivity contribution in [2.75, 3.05) is 25.1 Å². The molecule has 8 nitrogen and oxygen atoms in total. The first kappa shape index (κ1) is 22.0. The Labute approximate surface area is 178 Å². The lowest BCUT2D eigenvalue weighted by Gasteiger charge is -2.37. The van der Waals surface area contributed by atoms with Crippen LogP contribution in [0.3, 0.4) is 0 Å². The fraction of sp³-hybridized carbons (Fsp3) is 0.500. The van der Waals surface area contributed by atoms with Gasteiger partial charge in [0.25, 0.3) is 5.91 Å². The number of rotatable bonds is 6. The maximum Gasteiger partial charge on any atom is 0.347 e. The summed E-state index contributed by atoms with van der Waals surface area (Å²) < 4.78 is 6.90. The van der Waals surface area contributed by atoms with E-state index < -0.39 is 5.97 Å². The van der Waals surface area contributed by atoms with Gasteiger partial charge in [-0.1, -0.05) is 27.3 Å². The van der Waals surface area contributed by atoms with Crippen LogP contribution in [0.15, 0.2) is 20.3 Å². The van der Waals surface area contributed by atoms with Crippen LogP contribution in [0.1, 0.15) is 29.9 Å². The number of hydrogen-bond acceptors (Lipinski definition) is 7. The molecule has 0 bridgehead atoms. The summed E-state index contributed by atoms with van der Waals surface area (Å²) in [5.41, 5.74) is 0.337. The summed E-state index contributed by atoms with van der Waals surface area (Å²) in [5, 5.41) is 12.6. The smallest absolute Gasteiger partial charge is 0.347 e. The molecule has 1 fully saturated rings. The van der Waals surface area contributed by atoms with Crippen LogP contribution in [-0.4, -0.2) is 60.0 Å². The molecule has 1 amide bonds. The third-order valence-corrected chi connectivity index (χ3v) is 6.76.